The van der Waals surface area contributed by atoms with Gasteiger partial charge in [0.25, 0.3) is 0 Å². The molecule has 1 fully saturated rings. The molecule has 8 heteroatoms. The summed E-state index contributed by atoms with van der Waals surface area (Å²) in [7, 11) is 1.30. The molecule has 1 aromatic heterocycles. The van der Waals surface area contributed by atoms with Gasteiger partial charge in [0, 0.05) is 30.4 Å². The number of aromatic nitrogens is 2. The molecule has 0 saturated heterocycles. The minimum atomic E-state index is -0.740. The molecule has 0 bridgehead atoms. The van der Waals surface area contributed by atoms with E-state index in [1.807, 2.05) is 25.1 Å². The Morgan fingerprint density at radius 2 is 1.94 bits per heavy atom. The molecule has 1 N–H and O–H groups in total. The van der Waals surface area contributed by atoms with E-state index in [2.05, 4.69) is 15.2 Å². The molecule has 1 heterocycles. The molecule has 1 saturated carbocycles. The maximum absolute atomic E-state index is 14.7. The van der Waals surface area contributed by atoms with Crippen molar-refractivity contribution in [2.75, 3.05) is 7.11 Å². The highest BCUT2D eigenvalue weighted by Gasteiger charge is 2.21. The van der Waals surface area contributed by atoms with Gasteiger partial charge in [0.15, 0.2) is 11.6 Å². The van der Waals surface area contributed by atoms with Crippen molar-refractivity contribution in [2.45, 2.75) is 38.8 Å². The number of ether oxygens (including phenoxy) is 2. The average Bonchev–Trinajstić information content (AvgIpc) is 3.19. The Morgan fingerprint density at radius 1 is 1.19 bits per heavy atom. The molecule has 3 aromatic rings. The van der Waals surface area contributed by atoms with E-state index in [-0.39, 0.29) is 17.5 Å². The Labute approximate surface area is 178 Å². The molecule has 31 heavy (non-hydrogen) atoms. The molecule has 4 rings (SSSR count). The minimum absolute atomic E-state index is 0.0327. The zero-order chi connectivity index (χ0) is 22.0. The number of nitrogens with zero attached hydrogens (tertiary/aromatic N) is 2. The third kappa shape index (κ3) is 4.52. The van der Waals surface area contributed by atoms with Crippen LogP contribution >= 0.6 is 0 Å². The van der Waals surface area contributed by atoms with Crippen molar-refractivity contribution in [3.05, 3.63) is 65.4 Å². The van der Waals surface area contributed by atoms with Crippen molar-refractivity contribution >= 4 is 6.09 Å². The zero-order valence-corrected chi connectivity index (χ0v) is 17.3. The van der Waals surface area contributed by atoms with Crippen molar-refractivity contribution in [3.8, 4) is 22.7 Å². The van der Waals surface area contributed by atoms with Crippen LogP contribution in [-0.4, -0.2) is 29.1 Å². The summed E-state index contributed by atoms with van der Waals surface area (Å²) in [6.07, 6.45) is 3.90. The Bertz CT molecular complexity index is 1090. The molecule has 1 aliphatic rings. The van der Waals surface area contributed by atoms with E-state index < -0.39 is 17.7 Å². The summed E-state index contributed by atoms with van der Waals surface area (Å²) in [6.45, 7) is 2.22. The van der Waals surface area contributed by atoms with Gasteiger partial charge in [-0.15, -0.1) is 0 Å². The van der Waals surface area contributed by atoms with Crippen molar-refractivity contribution in [2.24, 2.45) is 0 Å². The zero-order valence-electron chi connectivity index (χ0n) is 17.3. The van der Waals surface area contributed by atoms with Crippen LogP contribution in [0.15, 0.2) is 42.6 Å². The van der Waals surface area contributed by atoms with Gasteiger partial charge in [-0.1, -0.05) is 12.1 Å². The van der Waals surface area contributed by atoms with E-state index in [1.54, 1.807) is 6.07 Å². The standard InChI is InChI=1S/C23H23F2N3O3/c1-14-6-7-15(10-16(14)13-26-23(29)30-2)21-8-9-28(27-21)22-19(24)11-18(12-20(22)25)31-17-4-3-5-17/h6-12,17H,3-5,13H2,1-2H3,(H,26,29). The van der Waals surface area contributed by atoms with Gasteiger partial charge in [-0.2, -0.15) is 5.10 Å². The fourth-order valence-corrected chi connectivity index (χ4v) is 3.37. The number of methoxy groups -OCH3 is 1. The third-order valence-electron chi connectivity index (χ3n) is 5.42. The maximum atomic E-state index is 14.7. The first kappa shape index (κ1) is 20.8. The summed E-state index contributed by atoms with van der Waals surface area (Å²) in [5.74, 6) is -1.29. The van der Waals surface area contributed by atoms with Crippen LogP contribution in [0.2, 0.25) is 0 Å². The lowest BCUT2D eigenvalue weighted by atomic mass is 9.96. The molecule has 0 atom stereocenters. The fourth-order valence-electron chi connectivity index (χ4n) is 3.37. The highest BCUT2D eigenvalue weighted by Crippen LogP contribution is 2.30. The summed E-state index contributed by atoms with van der Waals surface area (Å²) in [4.78, 5) is 11.3. The lowest BCUT2D eigenvalue weighted by Gasteiger charge is -2.26. The number of rotatable bonds is 6. The van der Waals surface area contributed by atoms with E-state index in [0.717, 1.165) is 36.0 Å². The second-order valence-electron chi connectivity index (χ2n) is 7.54. The quantitative estimate of drug-likeness (QED) is 0.607. The fraction of sp³-hybridized carbons (Fsp3) is 0.304. The topological polar surface area (TPSA) is 65.4 Å². The van der Waals surface area contributed by atoms with Gasteiger partial charge in [0.05, 0.1) is 18.9 Å². The lowest BCUT2D eigenvalue weighted by Crippen LogP contribution is -2.24. The Balaban J connectivity index is 1.57. The van der Waals surface area contributed by atoms with Crippen LogP contribution in [0.5, 0.6) is 5.75 Å². The van der Waals surface area contributed by atoms with Crippen LogP contribution in [0.1, 0.15) is 30.4 Å². The monoisotopic (exact) mass is 427 g/mol. The predicted octanol–water partition coefficient (Wildman–Crippen LogP) is 4.91. The highest BCUT2D eigenvalue weighted by molar-refractivity contribution is 5.67. The maximum Gasteiger partial charge on any atom is 0.407 e. The first-order valence-electron chi connectivity index (χ1n) is 10.1. The van der Waals surface area contributed by atoms with Gasteiger partial charge in [0.2, 0.25) is 0 Å². The summed E-state index contributed by atoms with van der Waals surface area (Å²) >= 11 is 0. The number of amides is 1. The van der Waals surface area contributed by atoms with E-state index in [9.17, 15) is 13.6 Å². The van der Waals surface area contributed by atoms with Crippen molar-refractivity contribution in [1.82, 2.24) is 15.1 Å². The number of aryl methyl sites for hydroxylation is 1. The Kier molecular flexibility index (Phi) is 5.88. The molecule has 1 aliphatic carbocycles. The largest absolute Gasteiger partial charge is 0.490 e. The van der Waals surface area contributed by atoms with Gasteiger partial charge in [0.1, 0.15) is 11.4 Å². The smallest absolute Gasteiger partial charge is 0.407 e. The number of halogens is 2. The number of hydrogen-bond donors (Lipinski definition) is 1. The third-order valence-corrected chi connectivity index (χ3v) is 5.42. The number of benzene rings is 2. The molecular formula is C23H23F2N3O3. The van der Waals surface area contributed by atoms with Gasteiger partial charge >= 0.3 is 6.09 Å². The average molecular weight is 427 g/mol. The van der Waals surface area contributed by atoms with Crippen LogP contribution in [0.3, 0.4) is 0 Å². The van der Waals surface area contributed by atoms with Gasteiger partial charge < -0.3 is 14.8 Å². The van der Waals surface area contributed by atoms with E-state index in [4.69, 9.17) is 4.74 Å². The second-order valence-corrected chi connectivity index (χ2v) is 7.54. The van der Waals surface area contributed by atoms with Crippen LogP contribution in [0.25, 0.3) is 16.9 Å². The lowest BCUT2D eigenvalue weighted by molar-refractivity contribution is 0.119. The van der Waals surface area contributed by atoms with Crippen LogP contribution in [0, 0.1) is 18.6 Å². The summed E-state index contributed by atoms with van der Waals surface area (Å²) in [5, 5.41) is 7.00. The number of alkyl carbamates (subject to hydrolysis) is 1. The van der Waals surface area contributed by atoms with Crippen molar-refractivity contribution in [3.63, 3.8) is 0 Å². The second kappa shape index (κ2) is 8.75. The van der Waals surface area contributed by atoms with Gasteiger partial charge in [-0.3, -0.25) is 0 Å². The molecule has 0 aliphatic heterocycles. The van der Waals surface area contributed by atoms with Crippen LogP contribution in [-0.2, 0) is 11.3 Å². The Morgan fingerprint density at radius 3 is 2.58 bits per heavy atom. The molecule has 0 radical (unpaired) electrons. The van der Waals surface area contributed by atoms with E-state index in [1.165, 1.54) is 30.1 Å². The first-order chi connectivity index (χ1) is 14.9. The number of hydrogen-bond acceptors (Lipinski definition) is 4. The SMILES string of the molecule is COC(=O)NCc1cc(-c2ccn(-c3c(F)cc(OC4CCC4)cc3F)n2)ccc1C. The molecule has 162 valence electrons. The van der Waals surface area contributed by atoms with Gasteiger partial charge in [-0.25, -0.2) is 18.3 Å². The number of nitrogens with one attached hydrogen (secondary N) is 1. The minimum Gasteiger partial charge on any atom is -0.490 e. The van der Waals surface area contributed by atoms with Crippen molar-refractivity contribution in [1.29, 1.82) is 0 Å². The van der Waals surface area contributed by atoms with Gasteiger partial charge in [-0.05, 0) is 49.4 Å². The van der Waals surface area contributed by atoms with Crippen LogP contribution < -0.4 is 10.1 Å². The summed E-state index contributed by atoms with van der Waals surface area (Å²) in [5.41, 5.74) is 2.92. The molecule has 0 unspecified atom stereocenters. The summed E-state index contributed by atoms with van der Waals surface area (Å²) < 4.78 is 40.7. The Hall–Kier alpha value is -3.42. The highest BCUT2D eigenvalue weighted by atomic mass is 19.1. The number of carbonyl (C=O) groups excluding carboxylic acids is 1. The summed E-state index contributed by atoms with van der Waals surface area (Å²) in [6, 6.07) is 9.71. The molecular weight excluding hydrogens is 404 g/mol. The number of carbonyl (C=O) groups is 1. The molecule has 2 aromatic carbocycles. The normalized spacial score (nSPS) is 13.5. The van der Waals surface area contributed by atoms with E-state index in [0.29, 0.717) is 12.2 Å². The molecule has 1 amide bonds. The van der Waals surface area contributed by atoms with Crippen LogP contribution in [0.4, 0.5) is 13.6 Å². The first-order valence-corrected chi connectivity index (χ1v) is 10.1. The molecule has 6 nitrogen and oxygen atoms in total. The predicted molar refractivity (Wildman–Crippen MR) is 111 cm³/mol. The van der Waals surface area contributed by atoms with Crippen molar-refractivity contribution < 1.29 is 23.0 Å². The molecule has 0 spiro atoms. The van der Waals surface area contributed by atoms with E-state index >= 15 is 0 Å².